The van der Waals surface area contributed by atoms with Crippen molar-refractivity contribution in [3.8, 4) is 0 Å². The second-order valence-electron chi connectivity index (χ2n) is 5.93. The zero-order valence-electron chi connectivity index (χ0n) is 13.1. The number of likely N-dealkylation sites (tertiary alicyclic amines) is 2. The highest BCUT2D eigenvalue weighted by Crippen LogP contribution is 2.15. The molecule has 2 saturated heterocycles. The minimum absolute atomic E-state index is 0.646. The topological polar surface area (TPSA) is 65.3 Å². The number of amidine groups is 2. The summed E-state index contributed by atoms with van der Waals surface area (Å²) in [7, 11) is 0.0282. The molecular formula is C14H26N4O2S. The van der Waals surface area contributed by atoms with Crippen LogP contribution in [0, 0.1) is 0 Å². The third-order valence-electron chi connectivity index (χ3n) is 4.11. The summed E-state index contributed by atoms with van der Waals surface area (Å²) in [5.74, 6) is 1.29. The molecule has 0 atom stereocenters. The quantitative estimate of drug-likeness (QED) is 0.782. The predicted molar refractivity (Wildman–Crippen MR) is 86.0 cm³/mol. The van der Waals surface area contributed by atoms with Crippen LogP contribution in [-0.2, 0) is 10.2 Å². The van der Waals surface area contributed by atoms with Crippen molar-refractivity contribution in [3.05, 3.63) is 0 Å². The van der Waals surface area contributed by atoms with Crippen LogP contribution in [0.3, 0.4) is 0 Å². The average molecular weight is 314 g/mol. The fourth-order valence-electron chi connectivity index (χ4n) is 2.77. The molecule has 7 heteroatoms. The van der Waals surface area contributed by atoms with Crippen molar-refractivity contribution in [2.45, 2.75) is 51.4 Å². The zero-order chi connectivity index (χ0) is 15.3. The van der Waals surface area contributed by atoms with Crippen LogP contribution in [0.4, 0.5) is 0 Å². The van der Waals surface area contributed by atoms with E-state index in [1.54, 1.807) is 0 Å². The number of rotatable bonds is 2. The maximum atomic E-state index is 12.3. The first kappa shape index (κ1) is 16.3. The molecule has 2 rings (SSSR count). The SMILES string of the molecule is CN1CCCCC/C1=N/S(=O)(=O)/N=C1/CCCCCN1C. The molecule has 0 saturated carbocycles. The Hall–Kier alpha value is -1.11. The molecule has 0 spiro atoms. The third-order valence-corrected chi connectivity index (χ3v) is 4.99. The van der Waals surface area contributed by atoms with Crippen LogP contribution in [0.25, 0.3) is 0 Å². The minimum atomic E-state index is -3.79. The van der Waals surface area contributed by atoms with E-state index >= 15 is 0 Å². The van der Waals surface area contributed by atoms with E-state index in [1.165, 1.54) is 0 Å². The molecule has 2 aliphatic rings. The maximum Gasteiger partial charge on any atom is 0.366 e. The largest absolute Gasteiger partial charge is 0.366 e. The molecule has 6 nitrogen and oxygen atoms in total. The summed E-state index contributed by atoms with van der Waals surface area (Å²) in [5, 5.41) is 0. The monoisotopic (exact) mass is 314 g/mol. The van der Waals surface area contributed by atoms with Crippen LogP contribution in [0.2, 0.25) is 0 Å². The normalized spacial score (nSPS) is 26.0. The Kier molecular flexibility index (Phi) is 5.61. The molecule has 0 aromatic rings. The summed E-state index contributed by atoms with van der Waals surface area (Å²) in [6.45, 7) is 1.73. The molecule has 21 heavy (non-hydrogen) atoms. The highest BCUT2D eigenvalue weighted by molar-refractivity contribution is 7.89. The van der Waals surface area contributed by atoms with Gasteiger partial charge in [0.05, 0.1) is 0 Å². The van der Waals surface area contributed by atoms with Gasteiger partial charge in [-0.25, -0.2) is 0 Å². The van der Waals surface area contributed by atoms with Gasteiger partial charge >= 0.3 is 10.2 Å². The summed E-state index contributed by atoms with van der Waals surface area (Å²) in [6, 6.07) is 0. The van der Waals surface area contributed by atoms with Gasteiger partial charge in [0.1, 0.15) is 11.7 Å². The van der Waals surface area contributed by atoms with Crippen LogP contribution < -0.4 is 0 Å². The third kappa shape index (κ3) is 4.98. The second-order valence-corrected chi connectivity index (χ2v) is 7.19. The molecule has 120 valence electrons. The van der Waals surface area contributed by atoms with Gasteiger partial charge in [0.15, 0.2) is 0 Å². The highest BCUT2D eigenvalue weighted by atomic mass is 32.2. The average Bonchev–Trinajstić information content (AvgIpc) is 2.72. The van der Waals surface area contributed by atoms with Crippen molar-refractivity contribution >= 4 is 21.9 Å². The van der Waals surface area contributed by atoms with Gasteiger partial charge < -0.3 is 9.80 Å². The summed E-state index contributed by atoms with van der Waals surface area (Å²) in [4.78, 5) is 3.89. The Morgan fingerprint density at radius 1 is 0.762 bits per heavy atom. The van der Waals surface area contributed by atoms with E-state index in [-0.39, 0.29) is 0 Å². The molecule has 0 N–H and O–H groups in total. The molecule has 0 aromatic carbocycles. The van der Waals surface area contributed by atoms with Gasteiger partial charge in [-0.15, -0.1) is 8.80 Å². The lowest BCUT2D eigenvalue weighted by Crippen LogP contribution is -2.28. The van der Waals surface area contributed by atoms with Crippen molar-refractivity contribution < 1.29 is 8.42 Å². The fourth-order valence-corrected chi connectivity index (χ4v) is 3.81. The second kappa shape index (κ2) is 7.24. The Morgan fingerprint density at radius 3 is 1.62 bits per heavy atom. The molecule has 0 amide bonds. The fraction of sp³-hybridized carbons (Fsp3) is 0.857. The summed E-state index contributed by atoms with van der Waals surface area (Å²) in [6.07, 6.45) is 7.86. The zero-order valence-corrected chi connectivity index (χ0v) is 13.9. The Labute approximate surface area is 128 Å². The number of nitrogens with zero attached hydrogens (tertiary/aromatic N) is 4. The minimum Gasteiger partial charge on any atom is -0.362 e. The van der Waals surface area contributed by atoms with Crippen LogP contribution in [-0.4, -0.2) is 57.1 Å². The summed E-state index contributed by atoms with van der Waals surface area (Å²) in [5.41, 5.74) is 0. The number of hydrogen-bond donors (Lipinski definition) is 0. The predicted octanol–water partition coefficient (Wildman–Crippen LogP) is 2.04. The number of hydrogen-bond acceptors (Lipinski definition) is 2. The summed E-state index contributed by atoms with van der Waals surface area (Å²) >= 11 is 0. The van der Waals surface area contributed by atoms with Gasteiger partial charge in [0.2, 0.25) is 0 Å². The van der Waals surface area contributed by atoms with Crippen molar-refractivity contribution in [2.75, 3.05) is 27.2 Å². The van der Waals surface area contributed by atoms with Gasteiger partial charge in [0, 0.05) is 40.0 Å². The van der Waals surface area contributed by atoms with Crippen molar-refractivity contribution in [1.29, 1.82) is 0 Å². The molecule has 0 unspecified atom stereocenters. The Balaban J connectivity index is 2.20. The van der Waals surface area contributed by atoms with E-state index in [4.69, 9.17) is 0 Å². The molecule has 0 aliphatic carbocycles. The molecule has 2 heterocycles. The van der Waals surface area contributed by atoms with Crippen molar-refractivity contribution in [2.24, 2.45) is 8.80 Å². The van der Waals surface area contributed by atoms with Crippen LogP contribution in [0.15, 0.2) is 8.80 Å². The smallest absolute Gasteiger partial charge is 0.362 e. The molecule has 2 aliphatic heterocycles. The molecule has 0 bridgehead atoms. The molecule has 2 fully saturated rings. The molecule has 0 aromatic heterocycles. The van der Waals surface area contributed by atoms with E-state index in [9.17, 15) is 8.42 Å². The van der Waals surface area contributed by atoms with E-state index < -0.39 is 10.2 Å². The lowest BCUT2D eigenvalue weighted by Gasteiger charge is -2.19. The first-order valence-electron chi connectivity index (χ1n) is 7.83. The van der Waals surface area contributed by atoms with E-state index in [0.717, 1.165) is 64.5 Å². The lowest BCUT2D eigenvalue weighted by atomic mass is 10.2. The van der Waals surface area contributed by atoms with E-state index in [1.807, 2.05) is 23.9 Å². The van der Waals surface area contributed by atoms with Gasteiger partial charge in [-0.2, -0.15) is 8.42 Å². The van der Waals surface area contributed by atoms with Crippen LogP contribution >= 0.6 is 0 Å². The standard InChI is InChI=1S/C14H26N4O2S/c1-17-11-7-3-5-9-13(17)15-21(19,20)16-14-10-6-4-8-12-18(14)2/h3-12H2,1-2H3/b15-13-,16-14-. The van der Waals surface area contributed by atoms with Gasteiger partial charge in [0.25, 0.3) is 0 Å². The van der Waals surface area contributed by atoms with Crippen molar-refractivity contribution in [1.82, 2.24) is 9.80 Å². The van der Waals surface area contributed by atoms with Crippen LogP contribution in [0.1, 0.15) is 51.4 Å². The van der Waals surface area contributed by atoms with Gasteiger partial charge in [-0.1, -0.05) is 12.8 Å². The lowest BCUT2D eigenvalue weighted by molar-refractivity contribution is 0.492. The maximum absolute atomic E-state index is 12.3. The molecule has 0 radical (unpaired) electrons. The Bertz CT molecular complexity index is 473. The van der Waals surface area contributed by atoms with Gasteiger partial charge in [-0.3, -0.25) is 0 Å². The Morgan fingerprint density at radius 2 is 1.19 bits per heavy atom. The van der Waals surface area contributed by atoms with Gasteiger partial charge in [-0.05, 0) is 25.7 Å². The van der Waals surface area contributed by atoms with E-state index in [2.05, 4.69) is 8.80 Å². The first-order chi connectivity index (χ1) is 9.98. The summed E-state index contributed by atoms with van der Waals surface area (Å²) < 4.78 is 32.4. The van der Waals surface area contributed by atoms with Crippen LogP contribution in [0.5, 0.6) is 0 Å². The first-order valence-corrected chi connectivity index (χ1v) is 9.22. The molecular weight excluding hydrogens is 288 g/mol. The van der Waals surface area contributed by atoms with E-state index in [0.29, 0.717) is 11.7 Å². The highest BCUT2D eigenvalue weighted by Gasteiger charge is 2.18. The van der Waals surface area contributed by atoms with Crippen molar-refractivity contribution in [3.63, 3.8) is 0 Å².